The van der Waals surface area contributed by atoms with Crippen LogP contribution >= 0.6 is 23.5 Å². The summed E-state index contributed by atoms with van der Waals surface area (Å²) in [7, 11) is 0. The third kappa shape index (κ3) is 4.90. The molecule has 0 radical (unpaired) electrons. The van der Waals surface area contributed by atoms with E-state index in [1.807, 2.05) is 35.9 Å². The summed E-state index contributed by atoms with van der Waals surface area (Å²) >= 11 is 3.63. The van der Waals surface area contributed by atoms with Gasteiger partial charge in [-0.3, -0.25) is 20.0 Å². The molecule has 0 unspecified atom stereocenters. The Balaban J connectivity index is 1.18. The molecule has 2 aliphatic rings. The van der Waals surface area contributed by atoms with Crippen LogP contribution in [0.2, 0.25) is 0 Å². The second-order valence-electron chi connectivity index (χ2n) is 13.0. The maximum Gasteiger partial charge on any atom is 0.1000 e. The maximum absolute atomic E-state index is 4.88. The van der Waals surface area contributed by atoms with Crippen molar-refractivity contribution < 1.29 is 0 Å². The lowest BCUT2D eigenvalue weighted by Gasteiger charge is -2.13. The Kier molecular flexibility index (Phi) is 6.44. The monoisotopic (exact) mass is 608 g/mol. The topological polar surface area (TPSA) is 50.5 Å². The Morgan fingerprint density at radius 3 is 1.25 bits per heavy atom. The summed E-state index contributed by atoms with van der Waals surface area (Å²) in [6, 6.07) is 30.8. The molecular formula is C38H32N4S2. The number of hydrogen-bond donors (Lipinski definition) is 0. The number of rotatable bonds is 4. The van der Waals surface area contributed by atoms with Gasteiger partial charge in [0.2, 0.25) is 0 Å². The van der Waals surface area contributed by atoms with Crippen LogP contribution in [0.4, 0.5) is 0 Å². The van der Waals surface area contributed by atoms with E-state index < -0.39 is 0 Å². The zero-order valence-corrected chi connectivity index (χ0v) is 26.9. The van der Waals surface area contributed by atoms with E-state index in [1.54, 1.807) is 0 Å². The van der Waals surface area contributed by atoms with E-state index in [4.69, 9.17) is 20.0 Å². The highest BCUT2D eigenvalue weighted by atomic mass is 32.2. The first-order chi connectivity index (χ1) is 21.2. The molecule has 0 fully saturated rings. The third-order valence-corrected chi connectivity index (χ3v) is 11.3. The van der Waals surface area contributed by atoms with Crippen LogP contribution in [-0.2, 0) is 0 Å². The Morgan fingerprint density at radius 2 is 0.886 bits per heavy atom. The van der Waals surface area contributed by atoms with Crippen molar-refractivity contribution in [1.29, 1.82) is 0 Å². The number of pyridine rings is 2. The van der Waals surface area contributed by atoms with Crippen LogP contribution in [0.1, 0.15) is 38.8 Å². The standard InChI is InChI=1S/C38H32N4S2/c1-37(2)21-43-35(41-37)25-11-15-33(39-19-25)23-9-13-29-30-14-10-24(18-32(30)28-8-6-5-7-27(28)31(29)17-23)34-16-12-26(20-40-34)36-42-38(3,4)22-44-36/h5-20H,21-22H2,1-4H3. The molecule has 0 aliphatic carbocycles. The van der Waals surface area contributed by atoms with Gasteiger partial charge >= 0.3 is 0 Å². The van der Waals surface area contributed by atoms with Crippen LogP contribution < -0.4 is 0 Å². The third-order valence-electron chi connectivity index (χ3n) is 8.38. The molecule has 44 heavy (non-hydrogen) atoms. The molecule has 0 bridgehead atoms. The molecule has 6 aromatic rings. The Labute approximate surface area is 266 Å². The number of aliphatic imine (C=N–C) groups is 2. The van der Waals surface area contributed by atoms with E-state index >= 15 is 0 Å². The molecule has 0 saturated heterocycles. The largest absolute Gasteiger partial charge is 0.271 e. The van der Waals surface area contributed by atoms with Crippen molar-refractivity contribution in [3.05, 3.63) is 108 Å². The van der Waals surface area contributed by atoms with Crippen molar-refractivity contribution >= 4 is 65.9 Å². The number of fused-ring (bicyclic) bond motifs is 6. The van der Waals surface area contributed by atoms with Crippen molar-refractivity contribution in [3.63, 3.8) is 0 Å². The minimum Gasteiger partial charge on any atom is -0.271 e. The highest BCUT2D eigenvalue weighted by Crippen LogP contribution is 2.39. The van der Waals surface area contributed by atoms with Gasteiger partial charge in [0.25, 0.3) is 0 Å². The summed E-state index contributed by atoms with van der Waals surface area (Å²) in [5.74, 6) is 2.02. The second kappa shape index (κ2) is 10.3. The van der Waals surface area contributed by atoms with Crippen LogP contribution in [0.3, 0.4) is 0 Å². The number of nitrogens with zero attached hydrogens (tertiary/aromatic N) is 4. The van der Waals surface area contributed by atoms with E-state index in [9.17, 15) is 0 Å². The van der Waals surface area contributed by atoms with Gasteiger partial charge in [-0.15, -0.1) is 23.5 Å². The molecule has 0 spiro atoms. The highest BCUT2D eigenvalue weighted by Gasteiger charge is 2.27. The first kappa shape index (κ1) is 27.5. The molecule has 2 aliphatic heterocycles. The van der Waals surface area contributed by atoms with E-state index in [0.29, 0.717) is 0 Å². The molecule has 6 heteroatoms. The van der Waals surface area contributed by atoms with Gasteiger partial charge in [0.15, 0.2) is 0 Å². The van der Waals surface area contributed by atoms with Crippen molar-refractivity contribution in [2.24, 2.45) is 9.98 Å². The summed E-state index contributed by atoms with van der Waals surface area (Å²) in [6.45, 7) is 8.72. The SMILES string of the molecule is CC1(C)CSC(c2ccc(-c3ccc4c5ccc(-c6ccc(C7=NC(C)(C)CS7)cn6)cc5c5ccccc5c4c3)nc2)=N1. The van der Waals surface area contributed by atoms with Gasteiger partial charge in [-0.25, -0.2) is 0 Å². The summed E-state index contributed by atoms with van der Waals surface area (Å²) in [4.78, 5) is 19.5. The maximum atomic E-state index is 4.88. The van der Waals surface area contributed by atoms with E-state index in [1.165, 1.54) is 32.3 Å². The molecule has 4 nitrogen and oxygen atoms in total. The van der Waals surface area contributed by atoms with Gasteiger partial charge < -0.3 is 0 Å². The predicted molar refractivity (Wildman–Crippen MR) is 192 cm³/mol. The molecule has 4 aromatic carbocycles. The molecule has 8 rings (SSSR count). The van der Waals surface area contributed by atoms with E-state index in [0.717, 1.165) is 55.2 Å². The predicted octanol–water partition coefficient (Wildman–Crippen LogP) is 9.81. The quantitative estimate of drug-likeness (QED) is 0.187. The van der Waals surface area contributed by atoms with Crippen LogP contribution in [0.5, 0.6) is 0 Å². The van der Waals surface area contributed by atoms with Gasteiger partial charge in [-0.1, -0.05) is 48.5 Å². The lowest BCUT2D eigenvalue weighted by molar-refractivity contribution is 0.605. The first-order valence-electron chi connectivity index (χ1n) is 15.0. The molecular weight excluding hydrogens is 577 g/mol. The van der Waals surface area contributed by atoms with Gasteiger partial charge in [0.1, 0.15) is 0 Å². The zero-order chi connectivity index (χ0) is 30.1. The summed E-state index contributed by atoms with van der Waals surface area (Å²) < 4.78 is 0. The number of aromatic nitrogens is 2. The average Bonchev–Trinajstić information content (AvgIpc) is 3.61. The van der Waals surface area contributed by atoms with E-state index in [2.05, 4.69) is 113 Å². The van der Waals surface area contributed by atoms with Crippen LogP contribution in [-0.4, -0.2) is 42.6 Å². The van der Waals surface area contributed by atoms with Crippen LogP contribution in [0.25, 0.3) is 54.8 Å². The van der Waals surface area contributed by atoms with Gasteiger partial charge in [0, 0.05) is 46.2 Å². The minimum absolute atomic E-state index is 0.00954. The zero-order valence-electron chi connectivity index (χ0n) is 25.3. The molecule has 0 amide bonds. The normalized spacial score (nSPS) is 17.4. The van der Waals surface area contributed by atoms with Crippen LogP contribution in [0.15, 0.2) is 107 Å². The van der Waals surface area contributed by atoms with Crippen molar-refractivity contribution in [1.82, 2.24) is 9.97 Å². The summed E-state index contributed by atoms with van der Waals surface area (Å²) in [5.41, 5.74) is 6.34. The van der Waals surface area contributed by atoms with Gasteiger partial charge in [-0.2, -0.15) is 0 Å². The lowest BCUT2D eigenvalue weighted by atomic mass is 9.91. The molecule has 2 aromatic heterocycles. The fourth-order valence-corrected chi connectivity index (χ4v) is 8.43. The van der Waals surface area contributed by atoms with Gasteiger partial charge in [0.05, 0.1) is 32.6 Å². The highest BCUT2D eigenvalue weighted by molar-refractivity contribution is 8.15. The summed E-state index contributed by atoms with van der Waals surface area (Å²) in [5, 5.41) is 9.62. The molecule has 0 N–H and O–H groups in total. The molecule has 0 saturated carbocycles. The molecule has 4 heterocycles. The summed E-state index contributed by atoms with van der Waals surface area (Å²) in [6.07, 6.45) is 3.93. The Hall–Kier alpha value is -4.00. The smallest absolute Gasteiger partial charge is 0.1000 e. The Morgan fingerprint density at radius 1 is 0.477 bits per heavy atom. The molecule has 0 atom stereocenters. The second-order valence-corrected chi connectivity index (χ2v) is 14.9. The minimum atomic E-state index is -0.00954. The number of hydrogen-bond acceptors (Lipinski definition) is 6. The fourth-order valence-electron chi connectivity index (χ4n) is 6.12. The first-order valence-corrected chi connectivity index (χ1v) is 17.0. The lowest BCUT2D eigenvalue weighted by Crippen LogP contribution is -2.15. The number of benzene rings is 4. The van der Waals surface area contributed by atoms with Crippen molar-refractivity contribution in [2.75, 3.05) is 11.5 Å². The van der Waals surface area contributed by atoms with Crippen molar-refractivity contribution in [2.45, 2.75) is 38.8 Å². The Bertz CT molecular complexity index is 1990. The average molecular weight is 609 g/mol. The van der Waals surface area contributed by atoms with Gasteiger partial charge in [-0.05, 0) is 96.4 Å². The van der Waals surface area contributed by atoms with E-state index in [-0.39, 0.29) is 11.1 Å². The fraction of sp³-hybridized carbons (Fsp3) is 0.211. The van der Waals surface area contributed by atoms with Crippen molar-refractivity contribution in [3.8, 4) is 22.5 Å². The molecule has 216 valence electrons. The van der Waals surface area contributed by atoms with Crippen LogP contribution in [0, 0.1) is 0 Å². The number of thioether (sulfide) groups is 2.